The number of aromatic amines is 1. The topological polar surface area (TPSA) is 128 Å². The summed E-state index contributed by atoms with van der Waals surface area (Å²) in [7, 11) is 0. The number of hydrogen-bond acceptors (Lipinski definition) is 6. The number of aliphatic hydroxyl groups excluding tert-OH is 1. The summed E-state index contributed by atoms with van der Waals surface area (Å²) in [6.45, 7) is 4.36. The van der Waals surface area contributed by atoms with Crippen LogP contribution in [0.5, 0.6) is 0 Å². The molecule has 1 aliphatic carbocycles. The lowest BCUT2D eigenvalue weighted by molar-refractivity contribution is -0.0651. The predicted molar refractivity (Wildman–Crippen MR) is 95.7 cm³/mol. The Kier molecular flexibility index (Phi) is 4.15. The van der Waals surface area contributed by atoms with Gasteiger partial charge in [-0.05, 0) is 31.6 Å². The summed E-state index contributed by atoms with van der Waals surface area (Å²) in [6, 6.07) is 0. The van der Waals surface area contributed by atoms with Crippen LogP contribution in [-0.4, -0.2) is 36.4 Å². The Morgan fingerprint density at radius 1 is 1.42 bits per heavy atom. The molecule has 0 aromatic carbocycles. The van der Waals surface area contributed by atoms with E-state index in [-0.39, 0.29) is 34.8 Å². The standard InChI is InChI=1S/C17H25N5O4/c1-3-10(23)11-6-8(2)15(26-11)22-13-12(14(24)20-16(18)19-13)21(17(22)25)7-9-4-5-9/h8-11,15,23H,3-7H2,1-2H3,(H3,18,19,20,24)/t8-,10+,11+,15-/m1/s1. The maximum absolute atomic E-state index is 13.1. The molecule has 9 heteroatoms. The van der Waals surface area contributed by atoms with Crippen LogP contribution in [0.3, 0.4) is 0 Å². The van der Waals surface area contributed by atoms with Crippen LogP contribution in [0.2, 0.25) is 0 Å². The first-order valence-electron chi connectivity index (χ1n) is 9.24. The van der Waals surface area contributed by atoms with E-state index in [9.17, 15) is 14.7 Å². The van der Waals surface area contributed by atoms with Crippen molar-refractivity contribution in [1.82, 2.24) is 19.1 Å². The van der Waals surface area contributed by atoms with Gasteiger partial charge in [0.1, 0.15) is 6.23 Å². The molecule has 2 aromatic rings. The van der Waals surface area contributed by atoms with Crippen molar-refractivity contribution in [2.75, 3.05) is 5.73 Å². The Bertz CT molecular complexity index is 941. The minimum atomic E-state index is -0.584. The highest BCUT2D eigenvalue weighted by Crippen LogP contribution is 2.37. The van der Waals surface area contributed by atoms with E-state index in [0.717, 1.165) is 12.8 Å². The Balaban J connectivity index is 1.86. The minimum absolute atomic E-state index is 0.00110. The third-order valence-corrected chi connectivity index (χ3v) is 5.47. The first-order chi connectivity index (χ1) is 12.4. The Hall–Kier alpha value is -2.13. The van der Waals surface area contributed by atoms with Crippen molar-refractivity contribution < 1.29 is 9.84 Å². The number of aliphatic hydroxyl groups is 1. The number of aromatic nitrogens is 4. The van der Waals surface area contributed by atoms with E-state index in [2.05, 4.69) is 9.97 Å². The monoisotopic (exact) mass is 363 g/mol. The van der Waals surface area contributed by atoms with Crippen molar-refractivity contribution in [2.45, 2.75) is 64.5 Å². The number of nitrogens with one attached hydrogen (secondary N) is 1. The Morgan fingerprint density at radius 3 is 2.81 bits per heavy atom. The van der Waals surface area contributed by atoms with E-state index >= 15 is 0 Å². The lowest BCUT2D eigenvalue weighted by Crippen LogP contribution is -2.31. The zero-order chi connectivity index (χ0) is 18.6. The number of H-pyrrole nitrogens is 1. The van der Waals surface area contributed by atoms with E-state index in [0.29, 0.717) is 25.3 Å². The molecule has 1 aliphatic heterocycles. The van der Waals surface area contributed by atoms with Crippen LogP contribution in [0.25, 0.3) is 11.2 Å². The van der Waals surface area contributed by atoms with Crippen LogP contribution in [-0.2, 0) is 11.3 Å². The molecule has 0 bridgehead atoms. The summed E-state index contributed by atoms with van der Waals surface area (Å²) in [5.41, 5.74) is 5.49. The van der Waals surface area contributed by atoms with Crippen molar-refractivity contribution in [3.05, 3.63) is 20.8 Å². The van der Waals surface area contributed by atoms with Gasteiger partial charge >= 0.3 is 5.69 Å². The highest BCUT2D eigenvalue weighted by Gasteiger charge is 2.39. The molecule has 26 heavy (non-hydrogen) atoms. The number of nitrogens with two attached hydrogens (primary N) is 1. The Labute approximate surface area is 149 Å². The fraction of sp³-hybridized carbons (Fsp3) is 0.706. The van der Waals surface area contributed by atoms with Gasteiger partial charge in [0.15, 0.2) is 11.2 Å². The highest BCUT2D eigenvalue weighted by atomic mass is 16.5. The van der Waals surface area contributed by atoms with Gasteiger partial charge < -0.3 is 15.6 Å². The Morgan fingerprint density at radius 2 is 2.15 bits per heavy atom. The molecule has 4 N–H and O–H groups in total. The molecule has 0 amide bonds. The number of fused-ring (bicyclic) bond motifs is 1. The second kappa shape index (κ2) is 6.24. The molecule has 0 radical (unpaired) electrons. The van der Waals surface area contributed by atoms with Crippen LogP contribution in [0, 0.1) is 11.8 Å². The molecule has 4 rings (SSSR count). The molecule has 9 nitrogen and oxygen atoms in total. The van der Waals surface area contributed by atoms with Gasteiger partial charge in [0.2, 0.25) is 5.95 Å². The summed E-state index contributed by atoms with van der Waals surface area (Å²) in [5.74, 6) is 0.386. The third kappa shape index (κ3) is 2.75. The SMILES string of the molecule is CC[C@H](O)[C@@H]1C[C@@H](C)[C@H](n2c(=O)n(CC3CC3)c3c(=O)[nH]c(N)nc32)O1. The van der Waals surface area contributed by atoms with E-state index < -0.39 is 17.9 Å². The van der Waals surface area contributed by atoms with Crippen molar-refractivity contribution in [3.63, 3.8) is 0 Å². The molecular weight excluding hydrogens is 338 g/mol. The van der Waals surface area contributed by atoms with Gasteiger partial charge in [-0.3, -0.25) is 14.3 Å². The molecule has 0 unspecified atom stereocenters. The van der Waals surface area contributed by atoms with Crippen LogP contribution >= 0.6 is 0 Å². The van der Waals surface area contributed by atoms with Gasteiger partial charge in [-0.25, -0.2) is 9.36 Å². The van der Waals surface area contributed by atoms with Gasteiger partial charge in [-0.15, -0.1) is 0 Å². The zero-order valence-corrected chi connectivity index (χ0v) is 15.0. The fourth-order valence-corrected chi connectivity index (χ4v) is 3.83. The van der Waals surface area contributed by atoms with Gasteiger partial charge in [-0.2, -0.15) is 4.98 Å². The van der Waals surface area contributed by atoms with Crippen LogP contribution in [0.1, 0.15) is 45.8 Å². The van der Waals surface area contributed by atoms with Gasteiger partial charge in [0.25, 0.3) is 5.56 Å². The van der Waals surface area contributed by atoms with Gasteiger partial charge in [0.05, 0.1) is 12.2 Å². The minimum Gasteiger partial charge on any atom is -0.390 e. The number of rotatable bonds is 5. The summed E-state index contributed by atoms with van der Waals surface area (Å²) in [5, 5.41) is 10.1. The van der Waals surface area contributed by atoms with Gasteiger partial charge in [-0.1, -0.05) is 13.8 Å². The van der Waals surface area contributed by atoms with Crippen molar-refractivity contribution >= 4 is 17.1 Å². The summed E-state index contributed by atoms with van der Waals surface area (Å²) >= 11 is 0. The molecule has 2 fully saturated rings. The molecule has 4 atom stereocenters. The average Bonchev–Trinajstić information content (AvgIpc) is 3.27. The van der Waals surface area contributed by atoms with E-state index in [1.54, 1.807) is 0 Å². The first-order valence-corrected chi connectivity index (χ1v) is 9.24. The molecular formula is C17H25N5O4. The smallest absolute Gasteiger partial charge is 0.332 e. The summed E-state index contributed by atoms with van der Waals surface area (Å²) < 4.78 is 8.96. The molecule has 2 aromatic heterocycles. The third-order valence-electron chi connectivity index (χ3n) is 5.47. The first kappa shape index (κ1) is 17.3. The number of nitrogens with zero attached hydrogens (tertiary/aromatic N) is 3. The number of ether oxygens (including phenoxy) is 1. The largest absolute Gasteiger partial charge is 0.390 e. The molecule has 3 heterocycles. The lowest BCUT2D eigenvalue weighted by Gasteiger charge is -2.19. The fourth-order valence-electron chi connectivity index (χ4n) is 3.83. The van der Waals surface area contributed by atoms with Crippen molar-refractivity contribution in [3.8, 4) is 0 Å². The summed E-state index contributed by atoms with van der Waals surface area (Å²) in [6.07, 6.45) is 1.83. The lowest BCUT2D eigenvalue weighted by atomic mass is 10.0. The molecule has 2 aliphatic rings. The number of imidazole rings is 1. The second-order valence-corrected chi connectivity index (χ2v) is 7.58. The maximum atomic E-state index is 13.1. The van der Waals surface area contributed by atoms with E-state index in [4.69, 9.17) is 10.5 Å². The van der Waals surface area contributed by atoms with Crippen LogP contribution < -0.4 is 17.0 Å². The number of hydrogen-bond donors (Lipinski definition) is 3. The van der Waals surface area contributed by atoms with E-state index in [1.165, 1.54) is 9.13 Å². The predicted octanol–water partition coefficient (Wildman–Crippen LogP) is 0.573. The van der Waals surface area contributed by atoms with Crippen molar-refractivity contribution in [2.24, 2.45) is 11.8 Å². The van der Waals surface area contributed by atoms with Gasteiger partial charge in [0, 0.05) is 12.5 Å². The second-order valence-electron chi connectivity index (χ2n) is 7.58. The zero-order valence-electron chi connectivity index (χ0n) is 15.0. The molecule has 1 saturated carbocycles. The number of nitrogen functional groups attached to an aromatic ring is 1. The molecule has 1 saturated heterocycles. The quantitative estimate of drug-likeness (QED) is 0.712. The maximum Gasteiger partial charge on any atom is 0.332 e. The highest BCUT2D eigenvalue weighted by molar-refractivity contribution is 5.71. The van der Waals surface area contributed by atoms with Crippen LogP contribution in [0.4, 0.5) is 5.95 Å². The van der Waals surface area contributed by atoms with Crippen molar-refractivity contribution in [1.29, 1.82) is 0 Å². The van der Waals surface area contributed by atoms with E-state index in [1.807, 2.05) is 13.8 Å². The van der Waals surface area contributed by atoms with Crippen LogP contribution in [0.15, 0.2) is 9.59 Å². The number of anilines is 1. The molecule has 142 valence electrons. The molecule has 0 spiro atoms. The normalized spacial score (nSPS) is 27.3. The summed E-state index contributed by atoms with van der Waals surface area (Å²) in [4.78, 5) is 32.3. The average molecular weight is 363 g/mol.